The zero-order valence-electron chi connectivity index (χ0n) is 9.48. The van der Waals surface area contributed by atoms with Crippen LogP contribution in [-0.4, -0.2) is 34.2 Å². The van der Waals surface area contributed by atoms with Gasteiger partial charge in [-0.15, -0.1) is 5.10 Å². The van der Waals surface area contributed by atoms with Crippen molar-refractivity contribution in [2.75, 3.05) is 13.2 Å². The lowest BCUT2D eigenvalue weighted by Gasteiger charge is -2.14. The minimum Gasteiger partial charge on any atom is -0.378 e. The highest BCUT2D eigenvalue weighted by Gasteiger charge is 2.19. The summed E-state index contributed by atoms with van der Waals surface area (Å²) in [5, 5.41) is 11.8. The molecule has 1 aromatic heterocycles. The molecule has 3 rings (SSSR count). The SMILES string of the molecule is C1COC(CCn2nnc3c2CCNC3)C1. The van der Waals surface area contributed by atoms with Crippen LogP contribution in [0.3, 0.4) is 0 Å². The molecule has 1 fully saturated rings. The van der Waals surface area contributed by atoms with Crippen molar-refractivity contribution in [2.24, 2.45) is 0 Å². The molecule has 3 heterocycles. The Morgan fingerprint density at radius 3 is 3.38 bits per heavy atom. The van der Waals surface area contributed by atoms with E-state index in [1.807, 2.05) is 0 Å². The molecule has 0 bridgehead atoms. The van der Waals surface area contributed by atoms with E-state index >= 15 is 0 Å². The van der Waals surface area contributed by atoms with Gasteiger partial charge in [-0.2, -0.15) is 0 Å². The van der Waals surface area contributed by atoms with Gasteiger partial charge in [0.25, 0.3) is 0 Å². The lowest BCUT2D eigenvalue weighted by molar-refractivity contribution is 0.0990. The van der Waals surface area contributed by atoms with E-state index in [-0.39, 0.29) is 0 Å². The lowest BCUT2D eigenvalue weighted by atomic mass is 10.1. The molecule has 5 heteroatoms. The fourth-order valence-electron chi connectivity index (χ4n) is 2.51. The first kappa shape index (κ1) is 10.2. The van der Waals surface area contributed by atoms with Gasteiger partial charge in [0.15, 0.2) is 0 Å². The minimum absolute atomic E-state index is 0.446. The van der Waals surface area contributed by atoms with Crippen molar-refractivity contribution in [3.8, 4) is 0 Å². The summed E-state index contributed by atoms with van der Waals surface area (Å²) >= 11 is 0. The molecule has 88 valence electrons. The molecule has 1 N–H and O–H groups in total. The summed E-state index contributed by atoms with van der Waals surface area (Å²) in [6.07, 6.45) is 4.99. The molecule has 1 aromatic rings. The third-order valence-electron chi connectivity index (χ3n) is 3.44. The molecule has 5 nitrogen and oxygen atoms in total. The van der Waals surface area contributed by atoms with Crippen LogP contribution in [0, 0.1) is 0 Å². The molecule has 16 heavy (non-hydrogen) atoms. The van der Waals surface area contributed by atoms with E-state index in [1.54, 1.807) is 0 Å². The van der Waals surface area contributed by atoms with Crippen LogP contribution < -0.4 is 5.32 Å². The highest BCUT2D eigenvalue weighted by atomic mass is 16.5. The van der Waals surface area contributed by atoms with E-state index in [0.29, 0.717) is 6.10 Å². The van der Waals surface area contributed by atoms with Crippen LogP contribution in [0.5, 0.6) is 0 Å². The van der Waals surface area contributed by atoms with Crippen LogP contribution in [0.1, 0.15) is 30.7 Å². The second-order valence-corrected chi connectivity index (χ2v) is 4.56. The van der Waals surface area contributed by atoms with Gasteiger partial charge in [-0.05, 0) is 19.3 Å². The molecule has 2 aliphatic rings. The first-order valence-electron chi connectivity index (χ1n) is 6.17. The zero-order valence-corrected chi connectivity index (χ0v) is 9.48. The van der Waals surface area contributed by atoms with E-state index in [0.717, 1.165) is 44.8 Å². The lowest BCUT2D eigenvalue weighted by Crippen LogP contribution is -2.25. The van der Waals surface area contributed by atoms with Crippen molar-refractivity contribution < 1.29 is 4.74 Å². The van der Waals surface area contributed by atoms with Gasteiger partial charge < -0.3 is 10.1 Å². The Kier molecular flexibility index (Phi) is 2.88. The number of rotatable bonds is 3. The van der Waals surface area contributed by atoms with Gasteiger partial charge >= 0.3 is 0 Å². The van der Waals surface area contributed by atoms with Gasteiger partial charge in [-0.3, -0.25) is 0 Å². The second kappa shape index (κ2) is 4.51. The smallest absolute Gasteiger partial charge is 0.0997 e. The van der Waals surface area contributed by atoms with Crippen LogP contribution in [0.25, 0.3) is 0 Å². The van der Waals surface area contributed by atoms with Gasteiger partial charge in [0.05, 0.1) is 17.5 Å². The van der Waals surface area contributed by atoms with Crippen LogP contribution in [-0.2, 0) is 24.2 Å². The van der Waals surface area contributed by atoms with E-state index in [1.165, 1.54) is 18.5 Å². The van der Waals surface area contributed by atoms with Gasteiger partial charge in [-0.25, -0.2) is 4.68 Å². The predicted molar refractivity (Wildman–Crippen MR) is 59.0 cm³/mol. The van der Waals surface area contributed by atoms with Gasteiger partial charge in [0.1, 0.15) is 0 Å². The van der Waals surface area contributed by atoms with Gasteiger partial charge in [0, 0.05) is 32.7 Å². The quantitative estimate of drug-likeness (QED) is 0.809. The number of hydrogen-bond acceptors (Lipinski definition) is 4. The zero-order chi connectivity index (χ0) is 10.8. The number of hydrogen-bond donors (Lipinski definition) is 1. The Hall–Kier alpha value is -0.940. The van der Waals surface area contributed by atoms with Crippen LogP contribution in [0.2, 0.25) is 0 Å². The minimum atomic E-state index is 0.446. The largest absolute Gasteiger partial charge is 0.378 e. The third kappa shape index (κ3) is 1.97. The topological polar surface area (TPSA) is 52.0 Å². The molecule has 0 saturated carbocycles. The molecule has 1 saturated heterocycles. The number of aromatic nitrogens is 3. The van der Waals surface area contributed by atoms with Crippen molar-refractivity contribution in [3.05, 3.63) is 11.4 Å². The fourth-order valence-corrected chi connectivity index (χ4v) is 2.51. The Labute approximate surface area is 95.2 Å². The first-order chi connectivity index (χ1) is 7.93. The van der Waals surface area contributed by atoms with Gasteiger partial charge in [-0.1, -0.05) is 5.21 Å². The molecule has 0 radical (unpaired) electrons. The fraction of sp³-hybridized carbons (Fsp3) is 0.818. The van der Waals surface area contributed by atoms with E-state index < -0.39 is 0 Å². The number of fused-ring (bicyclic) bond motifs is 1. The molecular formula is C11H18N4O. The van der Waals surface area contributed by atoms with E-state index in [9.17, 15) is 0 Å². The summed E-state index contributed by atoms with van der Waals surface area (Å²) in [6.45, 7) is 3.80. The van der Waals surface area contributed by atoms with Crippen LogP contribution in [0.15, 0.2) is 0 Å². The summed E-state index contributed by atoms with van der Waals surface area (Å²) in [5.74, 6) is 0. The molecule has 1 atom stereocenters. The Bertz CT molecular complexity index is 357. The number of nitrogens with zero attached hydrogens (tertiary/aromatic N) is 3. The van der Waals surface area contributed by atoms with Crippen molar-refractivity contribution in [1.82, 2.24) is 20.3 Å². The average Bonchev–Trinajstić information content (AvgIpc) is 2.96. The van der Waals surface area contributed by atoms with Gasteiger partial charge in [0.2, 0.25) is 0 Å². The van der Waals surface area contributed by atoms with Crippen LogP contribution >= 0.6 is 0 Å². The van der Waals surface area contributed by atoms with Crippen molar-refractivity contribution in [1.29, 1.82) is 0 Å². The molecule has 0 amide bonds. The maximum Gasteiger partial charge on any atom is 0.0997 e. The van der Waals surface area contributed by atoms with E-state index in [2.05, 4.69) is 20.3 Å². The molecule has 1 unspecified atom stereocenters. The molecule has 0 aromatic carbocycles. The molecule has 0 spiro atoms. The highest BCUT2D eigenvalue weighted by molar-refractivity contribution is 5.13. The maximum absolute atomic E-state index is 5.62. The number of ether oxygens (including phenoxy) is 1. The third-order valence-corrected chi connectivity index (χ3v) is 3.44. The standard InChI is InChI=1S/C11H18N4O/c1-2-9(16-7-1)4-6-15-11-3-5-12-8-10(11)13-14-15/h9,12H,1-8H2. The summed E-state index contributed by atoms with van der Waals surface area (Å²) in [7, 11) is 0. The van der Waals surface area contributed by atoms with E-state index in [4.69, 9.17) is 4.74 Å². The number of nitrogens with one attached hydrogen (secondary N) is 1. The predicted octanol–water partition coefficient (Wildman–Crippen LogP) is 0.493. The normalized spacial score (nSPS) is 24.6. The van der Waals surface area contributed by atoms with Crippen molar-refractivity contribution in [2.45, 2.75) is 44.9 Å². The summed E-state index contributed by atoms with van der Waals surface area (Å²) in [6, 6.07) is 0. The monoisotopic (exact) mass is 222 g/mol. The second-order valence-electron chi connectivity index (χ2n) is 4.56. The summed E-state index contributed by atoms with van der Waals surface area (Å²) < 4.78 is 7.69. The Morgan fingerprint density at radius 1 is 1.50 bits per heavy atom. The first-order valence-corrected chi connectivity index (χ1v) is 6.17. The highest BCUT2D eigenvalue weighted by Crippen LogP contribution is 2.17. The summed E-state index contributed by atoms with van der Waals surface area (Å²) in [5.41, 5.74) is 2.44. The molecule has 2 aliphatic heterocycles. The molecular weight excluding hydrogens is 204 g/mol. The number of aryl methyl sites for hydroxylation is 1. The van der Waals surface area contributed by atoms with Crippen molar-refractivity contribution >= 4 is 0 Å². The Morgan fingerprint density at radius 2 is 2.50 bits per heavy atom. The maximum atomic E-state index is 5.62. The summed E-state index contributed by atoms with van der Waals surface area (Å²) in [4.78, 5) is 0. The van der Waals surface area contributed by atoms with Crippen molar-refractivity contribution in [3.63, 3.8) is 0 Å². The van der Waals surface area contributed by atoms with Crippen LogP contribution in [0.4, 0.5) is 0 Å². The average molecular weight is 222 g/mol. The molecule has 0 aliphatic carbocycles. The Balaban J connectivity index is 1.63.